The summed E-state index contributed by atoms with van der Waals surface area (Å²) in [6.07, 6.45) is 62.7. The molecule has 62 heavy (non-hydrogen) atoms. The van der Waals surface area contributed by atoms with Crippen LogP contribution in [-0.2, 0) is 14.3 Å². The Hall–Kier alpha value is -1.92. The molecule has 0 radical (unpaired) electrons. The van der Waals surface area contributed by atoms with Crippen LogP contribution in [0.5, 0.6) is 0 Å². The predicted molar refractivity (Wildman–Crippen MR) is 269 cm³/mol. The maximum Gasteiger partial charge on any atom is 0.305 e. The molecule has 0 spiro atoms. The van der Waals surface area contributed by atoms with E-state index in [1.165, 1.54) is 180 Å². The summed E-state index contributed by atoms with van der Waals surface area (Å²) in [7, 11) is 0. The Kier molecular flexibility index (Phi) is 50.1. The van der Waals surface area contributed by atoms with Gasteiger partial charge in [-0.25, -0.2) is 0 Å². The van der Waals surface area contributed by atoms with E-state index in [0.717, 1.165) is 70.6 Å². The molecule has 0 heterocycles. The second-order valence-electron chi connectivity index (χ2n) is 18.6. The lowest BCUT2D eigenvalue weighted by atomic mass is 10.0. The van der Waals surface area contributed by atoms with Crippen LogP contribution in [0.2, 0.25) is 0 Å². The van der Waals surface area contributed by atoms with E-state index in [9.17, 15) is 19.8 Å². The summed E-state index contributed by atoms with van der Waals surface area (Å²) in [5, 5.41) is 23.2. The number of allylic oxidation sites excluding steroid dienone is 6. The Morgan fingerprint density at radius 1 is 0.452 bits per heavy atom. The summed E-state index contributed by atoms with van der Waals surface area (Å²) in [5.74, 6) is -0.0689. The third-order valence-corrected chi connectivity index (χ3v) is 12.4. The van der Waals surface area contributed by atoms with Crippen molar-refractivity contribution in [1.29, 1.82) is 0 Å². The zero-order valence-electron chi connectivity index (χ0n) is 41.4. The number of amides is 1. The molecule has 6 nitrogen and oxygen atoms in total. The molecule has 0 fully saturated rings. The molecule has 3 N–H and O–H groups in total. The van der Waals surface area contributed by atoms with Crippen molar-refractivity contribution in [1.82, 2.24) is 5.32 Å². The number of aliphatic hydroxyl groups is 2. The summed E-state index contributed by atoms with van der Waals surface area (Å²) in [5.41, 5.74) is 0. The first kappa shape index (κ1) is 60.1. The van der Waals surface area contributed by atoms with E-state index < -0.39 is 12.1 Å². The number of esters is 1. The van der Waals surface area contributed by atoms with Crippen molar-refractivity contribution in [3.05, 3.63) is 36.5 Å². The van der Waals surface area contributed by atoms with Gasteiger partial charge < -0.3 is 20.3 Å². The summed E-state index contributed by atoms with van der Waals surface area (Å²) >= 11 is 0. The average molecular weight is 872 g/mol. The third kappa shape index (κ3) is 47.6. The molecule has 0 aliphatic heterocycles. The average Bonchev–Trinajstić information content (AvgIpc) is 3.27. The maximum atomic E-state index is 12.5. The van der Waals surface area contributed by atoms with Crippen molar-refractivity contribution in [2.24, 2.45) is 0 Å². The second kappa shape index (κ2) is 51.7. The van der Waals surface area contributed by atoms with Gasteiger partial charge in [0.2, 0.25) is 5.91 Å². The Bertz CT molecular complexity index is 1010. The lowest BCUT2D eigenvalue weighted by Crippen LogP contribution is -2.45. The summed E-state index contributed by atoms with van der Waals surface area (Å²) in [6.45, 7) is 4.88. The summed E-state index contributed by atoms with van der Waals surface area (Å²) in [4.78, 5) is 24.4. The number of carbonyl (C=O) groups excluding carboxylic acids is 2. The normalized spacial score (nSPS) is 12.9. The van der Waals surface area contributed by atoms with Crippen LogP contribution in [-0.4, -0.2) is 47.4 Å². The van der Waals surface area contributed by atoms with E-state index in [1.54, 1.807) is 0 Å². The van der Waals surface area contributed by atoms with E-state index in [4.69, 9.17) is 4.74 Å². The Balaban J connectivity index is 3.49. The van der Waals surface area contributed by atoms with Crippen LogP contribution in [0.15, 0.2) is 36.5 Å². The number of unbranched alkanes of at least 4 members (excludes halogenated alkanes) is 34. The molecule has 1 amide bonds. The standard InChI is InChI=1S/C56H105NO5/c1-3-5-7-9-11-13-15-17-25-28-32-36-40-44-48-54(59)53(52-58)57-55(60)49-45-41-37-33-29-26-23-21-19-18-20-22-24-27-31-35-39-43-47-51-62-56(61)50-46-42-38-34-30-16-14-12-10-8-6-4-2/h12,14,22,24,27,31,53-54,58-59H,3-11,13,15-21,23,25-26,28-30,32-52H2,1-2H3,(H,57,60)/b14-12-,24-22-,31-27-. The molecule has 0 aromatic rings. The molecule has 364 valence electrons. The molecular weight excluding hydrogens is 767 g/mol. The van der Waals surface area contributed by atoms with Crippen LogP contribution in [0.25, 0.3) is 0 Å². The van der Waals surface area contributed by atoms with E-state index in [2.05, 4.69) is 55.6 Å². The van der Waals surface area contributed by atoms with E-state index in [1.807, 2.05) is 0 Å². The number of aliphatic hydroxyl groups excluding tert-OH is 2. The van der Waals surface area contributed by atoms with Crippen molar-refractivity contribution >= 4 is 11.9 Å². The molecule has 2 atom stereocenters. The molecule has 2 unspecified atom stereocenters. The number of hydrogen-bond donors (Lipinski definition) is 3. The van der Waals surface area contributed by atoms with Crippen LogP contribution < -0.4 is 5.32 Å². The van der Waals surface area contributed by atoms with Gasteiger partial charge in [-0.3, -0.25) is 9.59 Å². The minimum atomic E-state index is -0.671. The smallest absolute Gasteiger partial charge is 0.305 e. The van der Waals surface area contributed by atoms with Crippen molar-refractivity contribution < 1.29 is 24.5 Å². The molecule has 0 saturated heterocycles. The van der Waals surface area contributed by atoms with Gasteiger partial charge in [0.1, 0.15) is 0 Å². The number of rotatable bonds is 50. The summed E-state index contributed by atoms with van der Waals surface area (Å²) in [6, 6.07) is -0.549. The SMILES string of the molecule is CCCCC/C=C\CCCCCCCC(=O)OCCCCC/C=C\C=C/CCCCCCCCCCCCC(=O)NC(CO)C(O)CCCCCCCCCCCCCCCC. The topological polar surface area (TPSA) is 95.9 Å². The van der Waals surface area contributed by atoms with Crippen molar-refractivity contribution in [2.45, 2.75) is 296 Å². The second-order valence-corrected chi connectivity index (χ2v) is 18.6. The molecular formula is C56H105NO5. The zero-order chi connectivity index (χ0) is 45.1. The first-order valence-corrected chi connectivity index (χ1v) is 27.3. The highest BCUT2D eigenvalue weighted by atomic mass is 16.5. The molecule has 0 aromatic heterocycles. The van der Waals surface area contributed by atoms with Crippen LogP contribution >= 0.6 is 0 Å². The highest BCUT2D eigenvalue weighted by Crippen LogP contribution is 2.16. The minimum Gasteiger partial charge on any atom is -0.466 e. The number of carbonyl (C=O) groups is 2. The predicted octanol–water partition coefficient (Wildman–Crippen LogP) is 16.5. The van der Waals surface area contributed by atoms with Crippen LogP contribution in [0.4, 0.5) is 0 Å². The van der Waals surface area contributed by atoms with Gasteiger partial charge in [-0.2, -0.15) is 0 Å². The van der Waals surface area contributed by atoms with Gasteiger partial charge in [0.05, 0.1) is 25.4 Å². The highest BCUT2D eigenvalue weighted by molar-refractivity contribution is 5.76. The quantitative estimate of drug-likeness (QED) is 0.0245. The number of ether oxygens (including phenoxy) is 1. The van der Waals surface area contributed by atoms with Crippen LogP contribution in [0.1, 0.15) is 284 Å². The van der Waals surface area contributed by atoms with Gasteiger partial charge in [-0.15, -0.1) is 0 Å². The van der Waals surface area contributed by atoms with E-state index in [-0.39, 0.29) is 18.5 Å². The highest BCUT2D eigenvalue weighted by Gasteiger charge is 2.20. The summed E-state index contributed by atoms with van der Waals surface area (Å²) < 4.78 is 5.43. The fourth-order valence-corrected chi connectivity index (χ4v) is 8.21. The zero-order valence-corrected chi connectivity index (χ0v) is 41.4. The van der Waals surface area contributed by atoms with Crippen LogP contribution in [0.3, 0.4) is 0 Å². The molecule has 0 bridgehead atoms. The molecule has 0 aliphatic rings. The molecule has 0 aromatic carbocycles. The monoisotopic (exact) mass is 872 g/mol. The molecule has 0 saturated carbocycles. The Labute approximate surface area is 385 Å². The number of nitrogens with one attached hydrogen (secondary N) is 1. The first-order valence-electron chi connectivity index (χ1n) is 27.3. The third-order valence-electron chi connectivity index (χ3n) is 12.4. The fourth-order valence-electron chi connectivity index (χ4n) is 8.21. The molecule has 6 heteroatoms. The van der Waals surface area contributed by atoms with Crippen LogP contribution in [0, 0.1) is 0 Å². The largest absolute Gasteiger partial charge is 0.466 e. The van der Waals surface area contributed by atoms with Gasteiger partial charge in [-0.05, 0) is 83.5 Å². The van der Waals surface area contributed by atoms with E-state index >= 15 is 0 Å². The maximum absolute atomic E-state index is 12.5. The fraction of sp³-hybridized carbons (Fsp3) is 0.857. The van der Waals surface area contributed by atoms with Crippen molar-refractivity contribution in [3.63, 3.8) is 0 Å². The minimum absolute atomic E-state index is 0.0238. The van der Waals surface area contributed by atoms with Gasteiger partial charge in [0, 0.05) is 12.8 Å². The van der Waals surface area contributed by atoms with Crippen molar-refractivity contribution in [3.8, 4) is 0 Å². The Morgan fingerprint density at radius 2 is 0.806 bits per heavy atom. The molecule has 0 rings (SSSR count). The van der Waals surface area contributed by atoms with Crippen molar-refractivity contribution in [2.75, 3.05) is 13.2 Å². The number of hydrogen-bond acceptors (Lipinski definition) is 5. The van der Waals surface area contributed by atoms with Gasteiger partial charge >= 0.3 is 5.97 Å². The lowest BCUT2D eigenvalue weighted by Gasteiger charge is -2.22. The van der Waals surface area contributed by atoms with Gasteiger partial charge in [0.25, 0.3) is 0 Å². The Morgan fingerprint density at radius 3 is 1.27 bits per heavy atom. The van der Waals surface area contributed by atoms with Gasteiger partial charge in [0.15, 0.2) is 0 Å². The van der Waals surface area contributed by atoms with Gasteiger partial charge in [-0.1, -0.05) is 224 Å². The van der Waals surface area contributed by atoms with E-state index in [0.29, 0.717) is 25.9 Å². The first-order chi connectivity index (χ1) is 30.5. The lowest BCUT2D eigenvalue weighted by molar-refractivity contribution is -0.143. The molecule has 0 aliphatic carbocycles.